The largest absolute Gasteiger partial charge is 0.478 e. The minimum atomic E-state index is -0.863. The van der Waals surface area contributed by atoms with Gasteiger partial charge in [-0.25, -0.2) is 4.79 Å². The zero-order valence-corrected chi connectivity index (χ0v) is 12.9. The molecule has 2 rings (SSSR count). The predicted molar refractivity (Wildman–Crippen MR) is 83.9 cm³/mol. The summed E-state index contributed by atoms with van der Waals surface area (Å²) < 4.78 is 0. The Morgan fingerprint density at radius 3 is 3.00 bits per heavy atom. The van der Waals surface area contributed by atoms with Crippen LogP contribution in [0, 0.1) is 5.92 Å². The number of nitrogens with zero attached hydrogens (tertiary/aromatic N) is 1. The van der Waals surface area contributed by atoms with Gasteiger partial charge in [0.2, 0.25) is 0 Å². The lowest BCUT2D eigenvalue weighted by Crippen LogP contribution is -2.35. The van der Waals surface area contributed by atoms with Crippen molar-refractivity contribution < 1.29 is 9.90 Å². The van der Waals surface area contributed by atoms with Crippen LogP contribution in [0.2, 0.25) is 0 Å². The van der Waals surface area contributed by atoms with Crippen LogP contribution in [0.25, 0.3) is 0 Å². The van der Waals surface area contributed by atoms with E-state index in [4.69, 9.17) is 0 Å². The maximum atomic E-state index is 11.4. The number of rotatable bonds is 5. The van der Waals surface area contributed by atoms with Gasteiger partial charge in [-0.3, -0.25) is 0 Å². The van der Waals surface area contributed by atoms with Gasteiger partial charge in [-0.2, -0.15) is 0 Å². The molecule has 4 nitrogen and oxygen atoms in total. The van der Waals surface area contributed by atoms with Crippen molar-refractivity contribution in [2.75, 3.05) is 38.3 Å². The van der Waals surface area contributed by atoms with Crippen molar-refractivity contribution in [1.82, 2.24) is 4.90 Å². The predicted octanol–water partition coefficient (Wildman–Crippen LogP) is 2.86. The Balaban J connectivity index is 2.07. The molecule has 0 aromatic heterocycles. The Hall–Kier alpha value is -1.20. The van der Waals surface area contributed by atoms with Gasteiger partial charge in [0, 0.05) is 23.7 Å². The van der Waals surface area contributed by atoms with E-state index < -0.39 is 5.97 Å². The maximum Gasteiger partial charge on any atom is 0.338 e. The number of carbonyl (C=O) groups is 1. The van der Waals surface area contributed by atoms with Gasteiger partial charge in [-0.15, -0.1) is 11.8 Å². The third kappa shape index (κ3) is 3.67. The number of likely N-dealkylation sites (tertiary alicyclic amines) is 1. The van der Waals surface area contributed by atoms with Crippen LogP contribution in [0.1, 0.15) is 23.2 Å². The number of piperidine rings is 1. The van der Waals surface area contributed by atoms with Crippen molar-refractivity contribution in [3.8, 4) is 0 Å². The molecule has 5 heteroatoms. The summed E-state index contributed by atoms with van der Waals surface area (Å²) in [4.78, 5) is 14.6. The summed E-state index contributed by atoms with van der Waals surface area (Å²) in [6, 6.07) is 5.62. The lowest BCUT2D eigenvalue weighted by Gasteiger charge is -2.30. The molecule has 1 unspecified atom stereocenters. The van der Waals surface area contributed by atoms with Crippen LogP contribution in [0.5, 0.6) is 0 Å². The number of aromatic carboxylic acids is 1. The zero-order chi connectivity index (χ0) is 14.5. The first-order valence-electron chi connectivity index (χ1n) is 6.94. The highest BCUT2D eigenvalue weighted by Crippen LogP contribution is 2.27. The Bertz CT molecular complexity index is 479. The first-order chi connectivity index (χ1) is 9.61. The summed E-state index contributed by atoms with van der Waals surface area (Å²) in [5.74, 6) is -0.272. The van der Waals surface area contributed by atoms with Crippen molar-refractivity contribution >= 4 is 23.4 Å². The summed E-state index contributed by atoms with van der Waals surface area (Å²) >= 11 is 1.47. The summed E-state index contributed by atoms with van der Waals surface area (Å²) in [7, 11) is 2.14. The van der Waals surface area contributed by atoms with Crippen molar-refractivity contribution in [3.63, 3.8) is 0 Å². The molecule has 1 saturated heterocycles. The summed E-state index contributed by atoms with van der Waals surface area (Å²) in [6.45, 7) is 3.08. The van der Waals surface area contributed by atoms with Gasteiger partial charge < -0.3 is 15.3 Å². The summed E-state index contributed by atoms with van der Waals surface area (Å²) in [5, 5.41) is 12.7. The number of hydrogen-bond donors (Lipinski definition) is 2. The van der Waals surface area contributed by atoms with Gasteiger partial charge in [0.25, 0.3) is 0 Å². The van der Waals surface area contributed by atoms with E-state index in [1.165, 1.54) is 31.1 Å². The molecule has 0 amide bonds. The third-order valence-corrected chi connectivity index (χ3v) is 4.54. The van der Waals surface area contributed by atoms with Gasteiger partial charge >= 0.3 is 5.97 Å². The van der Waals surface area contributed by atoms with Gasteiger partial charge in [0.1, 0.15) is 0 Å². The lowest BCUT2D eigenvalue weighted by molar-refractivity contribution is 0.0694. The van der Waals surface area contributed by atoms with E-state index >= 15 is 0 Å². The Morgan fingerprint density at radius 1 is 1.55 bits per heavy atom. The van der Waals surface area contributed by atoms with Crippen LogP contribution in [-0.4, -0.2) is 48.9 Å². The molecule has 1 heterocycles. The summed E-state index contributed by atoms with van der Waals surface area (Å²) in [6.07, 6.45) is 4.34. The van der Waals surface area contributed by atoms with Crippen LogP contribution in [0.3, 0.4) is 0 Å². The average Bonchev–Trinajstić information content (AvgIpc) is 2.44. The number of nitrogens with one attached hydrogen (secondary N) is 1. The highest BCUT2D eigenvalue weighted by atomic mass is 32.2. The van der Waals surface area contributed by atoms with Crippen LogP contribution in [-0.2, 0) is 0 Å². The van der Waals surface area contributed by atoms with E-state index in [1.807, 2.05) is 24.5 Å². The molecule has 0 bridgehead atoms. The van der Waals surface area contributed by atoms with E-state index in [1.54, 1.807) is 0 Å². The molecule has 110 valence electrons. The normalized spacial score (nSPS) is 19.8. The molecule has 1 fully saturated rings. The lowest BCUT2D eigenvalue weighted by atomic mass is 9.98. The van der Waals surface area contributed by atoms with E-state index in [0.717, 1.165) is 23.7 Å². The number of benzene rings is 1. The second-order valence-electron chi connectivity index (χ2n) is 5.34. The van der Waals surface area contributed by atoms with E-state index in [9.17, 15) is 9.90 Å². The number of anilines is 1. The molecule has 1 aromatic rings. The molecular weight excluding hydrogens is 272 g/mol. The fourth-order valence-corrected chi connectivity index (χ4v) is 3.38. The second kappa shape index (κ2) is 6.99. The topological polar surface area (TPSA) is 52.6 Å². The molecule has 20 heavy (non-hydrogen) atoms. The molecule has 0 aliphatic carbocycles. The first kappa shape index (κ1) is 15.2. The van der Waals surface area contributed by atoms with Gasteiger partial charge in [0.05, 0.1) is 5.56 Å². The van der Waals surface area contributed by atoms with E-state index in [-0.39, 0.29) is 0 Å². The maximum absolute atomic E-state index is 11.4. The average molecular weight is 294 g/mol. The van der Waals surface area contributed by atoms with Gasteiger partial charge in [0.15, 0.2) is 0 Å². The quantitative estimate of drug-likeness (QED) is 0.818. The minimum absolute atomic E-state index is 0.393. The molecule has 1 aliphatic heterocycles. The first-order valence-corrected chi connectivity index (χ1v) is 8.17. The smallest absolute Gasteiger partial charge is 0.338 e. The second-order valence-corrected chi connectivity index (χ2v) is 6.19. The highest BCUT2D eigenvalue weighted by Gasteiger charge is 2.19. The number of carboxylic acids is 1. The van der Waals surface area contributed by atoms with Crippen molar-refractivity contribution in [3.05, 3.63) is 23.8 Å². The highest BCUT2D eigenvalue weighted by molar-refractivity contribution is 7.98. The van der Waals surface area contributed by atoms with Crippen LogP contribution in [0.4, 0.5) is 5.69 Å². The molecule has 1 atom stereocenters. The zero-order valence-electron chi connectivity index (χ0n) is 12.1. The molecule has 1 aliphatic rings. The van der Waals surface area contributed by atoms with E-state index in [2.05, 4.69) is 17.3 Å². The fraction of sp³-hybridized carbons (Fsp3) is 0.533. The Kier molecular flexibility index (Phi) is 5.31. The molecule has 0 saturated carbocycles. The Morgan fingerprint density at radius 2 is 2.35 bits per heavy atom. The molecule has 1 aromatic carbocycles. The van der Waals surface area contributed by atoms with Crippen molar-refractivity contribution in [2.24, 2.45) is 5.92 Å². The van der Waals surface area contributed by atoms with Crippen LogP contribution < -0.4 is 5.32 Å². The number of thioether (sulfide) groups is 1. The standard InChI is InChI=1S/C15H22N2O2S/c1-17-8-4-5-11(10-17)9-16-12-6-3-7-13(20-2)14(12)15(18)19/h3,6-7,11,16H,4-5,8-10H2,1-2H3,(H,18,19). The van der Waals surface area contributed by atoms with E-state index in [0.29, 0.717) is 11.5 Å². The van der Waals surface area contributed by atoms with Crippen LogP contribution in [0.15, 0.2) is 23.1 Å². The van der Waals surface area contributed by atoms with Crippen LogP contribution >= 0.6 is 11.8 Å². The van der Waals surface area contributed by atoms with Gasteiger partial charge in [-0.05, 0) is 50.7 Å². The molecule has 0 radical (unpaired) electrons. The van der Waals surface area contributed by atoms with Crippen molar-refractivity contribution in [2.45, 2.75) is 17.7 Å². The Labute approximate surface area is 124 Å². The number of hydrogen-bond acceptors (Lipinski definition) is 4. The number of carboxylic acid groups (broad SMARTS) is 1. The van der Waals surface area contributed by atoms with Crippen molar-refractivity contribution in [1.29, 1.82) is 0 Å². The SMILES string of the molecule is CSc1cccc(NCC2CCCN(C)C2)c1C(=O)O. The summed E-state index contributed by atoms with van der Waals surface area (Å²) in [5.41, 5.74) is 1.13. The monoisotopic (exact) mass is 294 g/mol. The molecule has 2 N–H and O–H groups in total. The third-order valence-electron chi connectivity index (χ3n) is 3.76. The molecular formula is C15H22N2O2S. The fourth-order valence-electron chi connectivity index (χ4n) is 2.76. The molecule has 0 spiro atoms. The minimum Gasteiger partial charge on any atom is -0.478 e. The van der Waals surface area contributed by atoms with Gasteiger partial charge in [-0.1, -0.05) is 6.07 Å².